The van der Waals surface area contributed by atoms with Gasteiger partial charge in [-0.05, 0) is 35.4 Å². The number of anilines is 1. The van der Waals surface area contributed by atoms with Crippen molar-refractivity contribution in [3.8, 4) is 22.6 Å². The summed E-state index contributed by atoms with van der Waals surface area (Å²) in [7, 11) is 1.45. The summed E-state index contributed by atoms with van der Waals surface area (Å²) in [6.07, 6.45) is 0.0662. The maximum atomic E-state index is 13.9. The Morgan fingerprint density at radius 1 is 1.24 bits per heavy atom. The lowest BCUT2D eigenvalue weighted by Gasteiger charge is -2.24. The minimum Gasteiger partial charge on any atom is -0.493 e. The van der Waals surface area contributed by atoms with Crippen molar-refractivity contribution < 1.29 is 33.4 Å². The molecule has 0 bridgehead atoms. The zero-order chi connectivity index (χ0) is 23.7. The fraction of sp³-hybridized carbons (Fsp3) is 0.174. The highest BCUT2D eigenvalue weighted by molar-refractivity contribution is 7.15. The number of carbonyl (C=O) groups is 3. The Balaban J connectivity index is 1.85. The van der Waals surface area contributed by atoms with Gasteiger partial charge in [-0.15, -0.1) is 11.3 Å². The van der Waals surface area contributed by atoms with Gasteiger partial charge in [-0.1, -0.05) is 18.2 Å². The summed E-state index contributed by atoms with van der Waals surface area (Å²) in [5.41, 5.74) is 6.79. The third kappa shape index (κ3) is 4.37. The van der Waals surface area contributed by atoms with Gasteiger partial charge in [-0.25, -0.2) is 9.18 Å². The van der Waals surface area contributed by atoms with Crippen molar-refractivity contribution in [1.29, 1.82) is 0 Å². The van der Waals surface area contributed by atoms with Crippen LogP contribution in [-0.4, -0.2) is 36.6 Å². The monoisotopic (exact) mass is 470 g/mol. The Bertz CT molecular complexity index is 1270. The molecule has 170 valence electrons. The second kappa shape index (κ2) is 8.91. The number of fused-ring (bicyclic) bond motifs is 1. The number of rotatable bonds is 7. The van der Waals surface area contributed by atoms with E-state index in [1.165, 1.54) is 25.3 Å². The molecule has 4 rings (SSSR count). The molecule has 1 aliphatic rings. The molecular formula is C23H19FN2O6S. The van der Waals surface area contributed by atoms with Crippen LogP contribution in [-0.2, 0) is 9.59 Å². The van der Waals surface area contributed by atoms with E-state index in [0.29, 0.717) is 27.4 Å². The number of hydrogen-bond acceptors (Lipinski definition) is 6. The average molecular weight is 470 g/mol. The van der Waals surface area contributed by atoms with Gasteiger partial charge in [-0.3, -0.25) is 9.59 Å². The van der Waals surface area contributed by atoms with Crippen molar-refractivity contribution in [2.75, 3.05) is 19.0 Å². The standard InChI is InChI=1S/C23H19FN2O6S/c1-31-15-6-5-11(8-16(15)32-10-17(25)27)14-9-18(28)26-20-19(12-3-2-4-13(24)7-12)22(23(29)30)33-21(14)20/h2-8,14H,9-10H2,1H3,(H2,25,27)(H,26,28)(H,29,30)/t14-/m0/s1. The molecule has 8 nitrogen and oxygen atoms in total. The second-order valence-corrected chi connectivity index (χ2v) is 8.38. The fourth-order valence-corrected chi connectivity index (χ4v) is 5.04. The van der Waals surface area contributed by atoms with Crippen LogP contribution in [0, 0.1) is 5.82 Å². The summed E-state index contributed by atoms with van der Waals surface area (Å²) in [5.74, 6) is -2.52. The number of carboxylic acids is 1. The lowest BCUT2D eigenvalue weighted by Crippen LogP contribution is -2.23. The van der Waals surface area contributed by atoms with E-state index < -0.39 is 23.6 Å². The molecule has 3 aromatic rings. The van der Waals surface area contributed by atoms with Crippen LogP contribution in [0.25, 0.3) is 11.1 Å². The van der Waals surface area contributed by atoms with Crippen molar-refractivity contribution in [2.24, 2.45) is 5.73 Å². The molecule has 1 atom stereocenters. The highest BCUT2D eigenvalue weighted by Crippen LogP contribution is 2.50. The molecule has 0 saturated carbocycles. The Morgan fingerprint density at radius 2 is 2.03 bits per heavy atom. The molecule has 1 aromatic heterocycles. The number of nitrogens with one attached hydrogen (secondary N) is 1. The van der Waals surface area contributed by atoms with E-state index >= 15 is 0 Å². The number of amides is 2. The molecule has 10 heteroatoms. The summed E-state index contributed by atoms with van der Waals surface area (Å²) in [4.78, 5) is 36.4. The van der Waals surface area contributed by atoms with Gasteiger partial charge in [0.25, 0.3) is 5.91 Å². The van der Waals surface area contributed by atoms with E-state index in [2.05, 4.69) is 5.32 Å². The fourth-order valence-electron chi connectivity index (χ4n) is 3.80. The van der Waals surface area contributed by atoms with Crippen LogP contribution in [0.3, 0.4) is 0 Å². The van der Waals surface area contributed by atoms with Gasteiger partial charge in [0.1, 0.15) is 10.7 Å². The van der Waals surface area contributed by atoms with Crippen molar-refractivity contribution >= 4 is 34.8 Å². The number of thiophene rings is 1. The van der Waals surface area contributed by atoms with Crippen LogP contribution in [0.15, 0.2) is 42.5 Å². The Hall–Kier alpha value is -3.92. The van der Waals surface area contributed by atoms with E-state index in [0.717, 1.165) is 11.3 Å². The lowest BCUT2D eigenvalue weighted by molar-refractivity contribution is -0.120. The molecule has 4 N–H and O–H groups in total. The number of carbonyl (C=O) groups excluding carboxylic acids is 2. The Morgan fingerprint density at radius 3 is 2.70 bits per heavy atom. The third-order valence-electron chi connectivity index (χ3n) is 5.17. The molecule has 2 heterocycles. The number of hydrogen-bond donors (Lipinski definition) is 3. The van der Waals surface area contributed by atoms with Crippen LogP contribution in [0.2, 0.25) is 0 Å². The molecule has 0 saturated heterocycles. The minimum atomic E-state index is -1.18. The molecule has 0 spiro atoms. The first-order valence-corrected chi connectivity index (χ1v) is 10.6. The zero-order valence-electron chi connectivity index (χ0n) is 17.4. The van der Waals surface area contributed by atoms with Gasteiger partial charge < -0.3 is 25.6 Å². The first-order valence-electron chi connectivity index (χ1n) is 9.83. The molecule has 0 fully saturated rings. The summed E-state index contributed by atoms with van der Waals surface area (Å²) < 4.78 is 24.6. The Labute approximate surface area is 191 Å². The predicted octanol–water partition coefficient (Wildman–Crippen LogP) is 3.60. The normalized spacial score (nSPS) is 14.8. The first kappa shape index (κ1) is 22.3. The number of carboxylic acid groups (broad SMARTS) is 1. The highest BCUT2D eigenvalue weighted by Gasteiger charge is 2.35. The minimum absolute atomic E-state index is 0.00323. The molecule has 1 aliphatic heterocycles. The molecule has 0 radical (unpaired) electrons. The van der Waals surface area contributed by atoms with E-state index in [1.807, 2.05) is 0 Å². The van der Waals surface area contributed by atoms with Gasteiger partial charge in [0.15, 0.2) is 18.1 Å². The van der Waals surface area contributed by atoms with E-state index in [4.69, 9.17) is 15.2 Å². The van der Waals surface area contributed by atoms with Crippen LogP contribution in [0.5, 0.6) is 11.5 Å². The van der Waals surface area contributed by atoms with Crippen LogP contribution in [0.1, 0.15) is 32.5 Å². The second-order valence-electron chi connectivity index (χ2n) is 7.33. The van der Waals surface area contributed by atoms with Gasteiger partial charge in [0, 0.05) is 22.8 Å². The topological polar surface area (TPSA) is 128 Å². The summed E-state index contributed by atoms with van der Waals surface area (Å²) in [5, 5.41) is 12.6. The van der Waals surface area contributed by atoms with Gasteiger partial charge in [0.05, 0.1) is 12.8 Å². The first-order chi connectivity index (χ1) is 15.8. The number of benzene rings is 2. The Kier molecular flexibility index (Phi) is 6.01. The largest absolute Gasteiger partial charge is 0.493 e. The van der Waals surface area contributed by atoms with Gasteiger partial charge in [0.2, 0.25) is 5.91 Å². The molecule has 2 amide bonds. The number of aromatic carboxylic acids is 1. The van der Waals surface area contributed by atoms with Gasteiger partial charge >= 0.3 is 5.97 Å². The maximum Gasteiger partial charge on any atom is 0.346 e. The highest BCUT2D eigenvalue weighted by atomic mass is 32.1. The van der Waals surface area contributed by atoms with Crippen LogP contribution < -0.4 is 20.5 Å². The zero-order valence-corrected chi connectivity index (χ0v) is 18.2. The number of ether oxygens (including phenoxy) is 2. The third-order valence-corrected chi connectivity index (χ3v) is 6.46. The summed E-state index contributed by atoms with van der Waals surface area (Å²) in [6.45, 7) is -0.359. The molecular weight excluding hydrogens is 451 g/mol. The van der Waals surface area contributed by atoms with Crippen molar-refractivity contribution in [3.05, 3.63) is 63.6 Å². The van der Waals surface area contributed by atoms with Crippen LogP contribution >= 0.6 is 11.3 Å². The number of methoxy groups -OCH3 is 1. The lowest BCUT2D eigenvalue weighted by atomic mass is 9.88. The van der Waals surface area contributed by atoms with Gasteiger partial charge in [-0.2, -0.15) is 0 Å². The smallest absolute Gasteiger partial charge is 0.346 e. The van der Waals surface area contributed by atoms with Crippen molar-refractivity contribution in [2.45, 2.75) is 12.3 Å². The van der Waals surface area contributed by atoms with E-state index in [-0.39, 0.29) is 35.1 Å². The average Bonchev–Trinajstić information content (AvgIpc) is 3.16. The molecule has 0 unspecified atom stereocenters. The molecule has 0 aliphatic carbocycles. The molecule has 33 heavy (non-hydrogen) atoms. The summed E-state index contributed by atoms with van der Waals surface area (Å²) >= 11 is 1.03. The van der Waals surface area contributed by atoms with E-state index in [9.17, 15) is 23.9 Å². The maximum absolute atomic E-state index is 13.9. The van der Waals surface area contributed by atoms with Crippen molar-refractivity contribution in [1.82, 2.24) is 0 Å². The predicted molar refractivity (Wildman–Crippen MR) is 119 cm³/mol. The number of halogens is 1. The summed E-state index contributed by atoms with van der Waals surface area (Å²) in [6, 6.07) is 10.6. The quantitative estimate of drug-likeness (QED) is 0.484. The molecule has 2 aromatic carbocycles. The number of primary amides is 1. The number of nitrogens with two attached hydrogens (primary N) is 1. The van der Waals surface area contributed by atoms with Crippen LogP contribution in [0.4, 0.5) is 10.1 Å². The SMILES string of the molecule is COc1ccc([C@@H]2CC(=O)Nc3c2sc(C(=O)O)c3-c2cccc(F)c2)cc1OCC(N)=O. The van der Waals surface area contributed by atoms with E-state index in [1.54, 1.807) is 24.3 Å². The van der Waals surface area contributed by atoms with Crippen molar-refractivity contribution in [3.63, 3.8) is 0 Å².